The van der Waals surface area contributed by atoms with Crippen molar-refractivity contribution < 1.29 is 14.5 Å². The number of Topliss-reactive ketones (excluding diaryl/α,β-unsaturated/α-hetero) is 1. The van der Waals surface area contributed by atoms with Gasteiger partial charge < -0.3 is 4.74 Å². The Balaban J connectivity index is 1.39. The van der Waals surface area contributed by atoms with Crippen molar-refractivity contribution in [2.24, 2.45) is 0 Å². The van der Waals surface area contributed by atoms with Gasteiger partial charge in [0.05, 0.1) is 23.3 Å². The van der Waals surface area contributed by atoms with Gasteiger partial charge >= 0.3 is 0 Å². The molecule has 1 aliphatic carbocycles. The molecule has 166 valence electrons. The minimum absolute atomic E-state index is 0.0123. The Labute approximate surface area is 193 Å². The van der Waals surface area contributed by atoms with E-state index in [9.17, 15) is 14.9 Å². The maximum atomic E-state index is 12.9. The molecular weight excluding hydrogens is 442 g/mol. The van der Waals surface area contributed by atoms with E-state index in [-0.39, 0.29) is 17.4 Å². The Kier molecular flexibility index (Phi) is 5.51. The lowest BCUT2D eigenvalue weighted by atomic mass is 9.82. The third-order valence-electron chi connectivity index (χ3n) is 5.63. The Morgan fingerprint density at radius 1 is 1.18 bits per heavy atom. The molecule has 5 rings (SSSR count). The molecule has 2 aromatic carbocycles. The molecule has 0 saturated carbocycles. The number of ether oxygens (including phenoxy) is 1. The van der Waals surface area contributed by atoms with Gasteiger partial charge in [0.2, 0.25) is 5.16 Å². The lowest BCUT2D eigenvalue weighted by Gasteiger charge is -2.24. The lowest BCUT2D eigenvalue weighted by Crippen LogP contribution is -2.21. The molecule has 0 amide bonds. The highest BCUT2D eigenvalue weighted by molar-refractivity contribution is 7.98. The van der Waals surface area contributed by atoms with Crippen LogP contribution in [0.15, 0.2) is 59.9 Å². The fourth-order valence-corrected chi connectivity index (χ4v) is 4.82. The largest absolute Gasteiger partial charge is 0.496 e. The summed E-state index contributed by atoms with van der Waals surface area (Å²) in [5.74, 6) is 1.67. The van der Waals surface area contributed by atoms with Crippen molar-refractivity contribution in [1.29, 1.82) is 0 Å². The zero-order chi connectivity index (χ0) is 22.9. The van der Waals surface area contributed by atoms with Crippen LogP contribution in [0.1, 0.15) is 39.5 Å². The summed E-state index contributed by atoms with van der Waals surface area (Å²) >= 11 is 1.36. The molecule has 1 aliphatic rings. The zero-order valence-corrected chi connectivity index (χ0v) is 18.5. The van der Waals surface area contributed by atoms with E-state index in [2.05, 4.69) is 15.1 Å². The van der Waals surface area contributed by atoms with Crippen molar-refractivity contribution in [1.82, 2.24) is 19.6 Å². The number of ketones is 1. The molecule has 0 fully saturated rings. The number of nitrogens with zero attached hydrogens (tertiary/aromatic N) is 5. The number of carbonyl (C=O) groups excluding carboxylic acids is 1. The van der Waals surface area contributed by atoms with Gasteiger partial charge in [-0.3, -0.25) is 14.9 Å². The van der Waals surface area contributed by atoms with Crippen LogP contribution in [-0.4, -0.2) is 37.4 Å². The van der Waals surface area contributed by atoms with Gasteiger partial charge in [0, 0.05) is 36.4 Å². The molecule has 0 radical (unpaired) electrons. The Bertz CT molecular complexity index is 1390. The predicted molar refractivity (Wildman–Crippen MR) is 122 cm³/mol. The third kappa shape index (κ3) is 4.17. The van der Waals surface area contributed by atoms with E-state index in [1.807, 2.05) is 30.3 Å². The van der Waals surface area contributed by atoms with Gasteiger partial charge in [-0.25, -0.2) is 9.50 Å². The molecular formula is C23H19N5O4S. The highest BCUT2D eigenvalue weighted by atomic mass is 32.2. The first kappa shape index (κ1) is 21.1. The van der Waals surface area contributed by atoms with Crippen LogP contribution in [0.3, 0.4) is 0 Å². The van der Waals surface area contributed by atoms with Crippen LogP contribution in [0.4, 0.5) is 5.69 Å². The topological polar surface area (TPSA) is 113 Å². The molecule has 4 aromatic rings. The molecule has 0 aliphatic heterocycles. The average molecular weight is 462 g/mol. The van der Waals surface area contributed by atoms with Gasteiger partial charge in [-0.1, -0.05) is 42.1 Å². The Morgan fingerprint density at radius 3 is 2.85 bits per heavy atom. The van der Waals surface area contributed by atoms with Crippen molar-refractivity contribution in [3.8, 4) is 5.75 Å². The number of aromatic nitrogens is 4. The van der Waals surface area contributed by atoms with Gasteiger partial charge in [-0.05, 0) is 23.6 Å². The number of carbonyl (C=O) groups is 1. The van der Waals surface area contributed by atoms with Crippen molar-refractivity contribution in [2.45, 2.75) is 29.7 Å². The van der Waals surface area contributed by atoms with E-state index in [1.54, 1.807) is 19.4 Å². The summed E-state index contributed by atoms with van der Waals surface area (Å²) in [6, 6.07) is 14.2. The first-order valence-electron chi connectivity index (χ1n) is 10.3. The highest BCUT2D eigenvalue weighted by Gasteiger charge is 2.30. The second-order valence-corrected chi connectivity index (χ2v) is 8.67. The molecule has 10 heteroatoms. The van der Waals surface area contributed by atoms with Crippen molar-refractivity contribution in [3.63, 3.8) is 0 Å². The van der Waals surface area contributed by atoms with Crippen LogP contribution in [0.25, 0.3) is 5.78 Å². The molecule has 33 heavy (non-hydrogen) atoms. The standard InChI is InChI=1S/C23H19N5O4S/c1-32-21-8-3-2-7-17(21)15-10-19-18(20(29)11-15)12-27-22(24-19)25-23(26-27)33-13-14-5-4-6-16(9-14)28(30)31/h2-9,12,15H,10-11,13H2,1H3/t15-/m0/s1. The second kappa shape index (κ2) is 8.62. The summed E-state index contributed by atoms with van der Waals surface area (Å²) in [4.78, 5) is 32.6. The molecule has 0 saturated heterocycles. The van der Waals surface area contributed by atoms with E-state index in [4.69, 9.17) is 4.74 Å². The fourth-order valence-electron chi connectivity index (χ4n) is 4.06. The number of para-hydroxylation sites is 1. The summed E-state index contributed by atoms with van der Waals surface area (Å²) in [6.45, 7) is 0. The first-order chi connectivity index (χ1) is 16.0. The van der Waals surface area contributed by atoms with Crippen LogP contribution in [0.2, 0.25) is 0 Å². The van der Waals surface area contributed by atoms with Crippen molar-refractivity contribution in [3.05, 3.63) is 87.2 Å². The molecule has 2 heterocycles. The fraction of sp³-hybridized carbons (Fsp3) is 0.217. The van der Waals surface area contributed by atoms with E-state index >= 15 is 0 Å². The molecule has 0 unspecified atom stereocenters. The molecule has 1 atom stereocenters. The molecule has 2 aromatic heterocycles. The van der Waals surface area contributed by atoms with E-state index in [1.165, 1.54) is 28.4 Å². The van der Waals surface area contributed by atoms with Crippen LogP contribution in [0.5, 0.6) is 5.75 Å². The van der Waals surface area contributed by atoms with Crippen LogP contribution in [0, 0.1) is 10.1 Å². The van der Waals surface area contributed by atoms with E-state index in [0.29, 0.717) is 40.8 Å². The highest BCUT2D eigenvalue weighted by Crippen LogP contribution is 2.36. The zero-order valence-electron chi connectivity index (χ0n) is 17.7. The lowest BCUT2D eigenvalue weighted by molar-refractivity contribution is -0.384. The van der Waals surface area contributed by atoms with Gasteiger partial charge in [-0.2, -0.15) is 4.98 Å². The number of methoxy groups -OCH3 is 1. The number of thioether (sulfide) groups is 1. The summed E-state index contributed by atoms with van der Waals surface area (Å²) in [5, 5.41) is 15.9. The van der Waals surface area contributed by atoms with Gasteiger partial charge in [0.15, 0.2) is 5.78 Å². The molecule has 0 spiro atoms. The quantitative estimate of drug-likeness (QED) is 0.238. The Hall–Kier alpha value is -3.79. The molecule has 0 N–H and O–H groups in total. The van der Waals surface area contributed by atoms with Crippen molar-refractivity contribution >= 4 is 29.0 Å². The first-order valence-corrected chi connectivity index (χ1v) is 11.3. The van der Waals surface area contributed by atoms with Gasteiger partial charge in [0.25, 0.3) is 11.5 Å². The minimum Gasteiger partial charge on any atom is -0.496 e. The number of nitro benzene ring substituents is 1. The van der Waals surface area contributed by atoms with Gasteiger partial charge in [0.1, 0.15) is 5.75 Å². The SMILES string of the molecule is COc1ccccc1[C@@H]1CC(=O)c2cn3nc(SCc4cccc([N+](=O)[O-])c4)nc3nc2C1. The minimum atomic E-state index is -0.416. The average Bonchev–Trinajstić information content (AvgIpc) is 3.23. The molecule has 0 bridgehead atoms. The van der Waals surface area contributed by atoms with E-state index < -0.39 is 4.92 Å². The monoisotopic (exact) mass is 461 g/mol. The van der Waals surface area contributed by atoms with Crippen LogP contribution < -0.4 is 4.74 Å². The van der Waals surface area contributed by atoms with Gasteiger partial charge in [-0.15, -0.1) is 5.10 Å². The van der Waals surface area contributed by atoms with Crippen LogP contribution in [-0.2, 0) is 12.2 Å². The summed E-state index contributed by atoms with van der Waals surface area (Å²) in [6.07, 6.45) is 2.69. The summed E-state index contributed by atoms with van der Waals surface area (Å²) in [5.41, 5.74) is 3.12. The number of rotatable bonds is 6. The van der Waals surface area contributed by atoms with E-state index in [0.717, 1.165) is 16.9 Å². The smallest absolute Gasteiger partial charge is 0.269 e. The number of non-ortho nitro benzene ring substituents is 1. The number of nitro groups is 1. The number of benzene rings is 2. The third-order valence-corrected chi connectivity index (χ3v) is 6.54. The number of fused-ring (bicyclic) bond motifs is 2. The summed E-state index contributed by atoms with van der Waals surface area (Å²) in [7, 11) is 1.63. The summed E-state index contributed by atoms with van der Waals surface area (Å²) < 4.78 is 7.00. The normalized spacial score (nSPS) is 15.4. The molecule has 9 nitrogen and oxygen atoms in total. The predicted octanol–water partition coefficient (Wildman–Crippen LogP) is 4.25. The number of hydrogen-bond donors (Lipinski definition) is 0. The number of hydrogen-bond acceptors (Lipinski definition) is 8. The van der Waals surface area contributed by atoms with Crippen molar-refractivity contribution in [2.75, 3.05) is 7.11 Å². The maximum Gasteiger partial charge on any atom is 0.269 e. The van der Waals surface area contributed by atoms with Crippen LogP contribution >= 0.6 is 11.8 Å². The second-order valence-electron chi connectivity index (χ2n) is 7.73. The Morgan fingerprint density at radius 2 is 2.03 bits per heavy atom. The maximum absolute atomic E-state index is 12.9.